The fourth-order valence-electron chi connectivity index (χ4n) is 1.82. The van der Waals surface area contributed by atoms with E-state index >= 15 is 0 Å². The molecule has 1 saturated heterocycles. The Morgan fingerprint density at radius 1 is 1.50 bits per heavy atom. The molecule has 1 aliphatic rings. The molecule has 100 valence electrons. The molecular weight excluding hydrogens is 270 g/mol. The molecule has 1 aromatic heterocycles. The lowest BCUT2D eigenvalue weighted by molar-refractivity contribution is 0.221. The van der Waals surface area contributed by atoms with Gasteiger partial charge in [-0.1, -0.05) is 11.8 Å². The lowest BCUT2D eigenvalue weighted by Gasteiger charge is -2.29. The maximum absolute atomic E-state index is 11.8. The molecule has 6 nitrogen and oxygen atoms in total. The number of carbonyl (C=O) groups excluding carboxylic acids is 1. The summed E-state index contributed by atoms with van der Waals surface area (Å²) >= 11 is 2.67. The zero-order valence-electron chi connectivity index (χ0n) is 10.5. The Hall–Kier alpha value is -0.860. The van der Waals surface area contributed by atoms with E-state index in [0.29, 0.717) is 10.3 Å². The summed E-state index contributed by atoms with van der Waals surface area (Å²) in [6, 6.07) is 0.0718. The van der Waals surface area contributed by atoms with E-state index in [1.165, 1.54) is 23.3 Å². The van der Waals surface area contributed by atoms with Gasteiger partial charge in [-0.15, -0.1) is 0 Å². The van der Waals surface area contributed by atoms with Crippen LogP contribution < -0.4 is 10.6 Å². The Bertz CT molecular complexity index is 403. The molecule has 0 bridgehead atoms. The van der Waals surface area contributed by atoms with Gasteiger partial charge in [-0.05, 0) is 39.2 Å². The van der Waals surface area contributed by atoms with Crippen LogP contribution >= 0.6 is 23.3 Å². The summed E-state index contributed by atoms with van der Waals surface area (Å²) in [7, 11) is 2.10. The summed E-state index contributed by atoms with van der Waals surface area (Å²) in [5.74, 6) is 0. The molecule has 0 spiro atoms. The van der Waals surface area contributed by atoms with Crippen molar-refractivity contribution in [3.63, 3.8) is 0 Å². The molecule has 2 amide bonds. The number of carbonyl (C=O) groups is 1. The largest absolute Gasteiger partial charge is 0.335 e. The highest BCUT2D eigenvalue weighted by Crippen LogP contribution is 2.17. The van der Waals surface area contributed by atoms with E-state index in [2.05, 4.69) is 31.9 Å². The summed E-state index contributed by atoms with van der Waals surface area (Å²) < 4.78 is 4.09. The summed E-state index contributed by atoms with van der Waals surface area (Å²) in [5, 5.41) is 6.93. The minimum atomic E-state index is -0.187. The van der Waals surface area contributed by atoms with Crippen molar-refractivity contribution in [3.8, 4) is 0 Å². The van der Waals surface area contributed by atoms with Crippen LogP contribution in [0, 0.1) is 0 Å². The first-order valence-corrected chi connectivity index (χ1v) is 7.81. The van der Waals surface area contributed by atoms with Gasteiger partial charge in [0.25, 0.3) is 0 Å². The maximum atomic E-state index is 11.8. The highest BCUT2D eigenvalue weighted by Gasteiger charge is 2.18. The second kappa shape index (κ2) is 6.35. The Morgan fingerprint density at radius 2 is 2.22 bits per heavy atom. The third-order valence-electron chi connectivity index (χ3n) is 2.86. The molecule has 2 rings (SSSR count). The van der Waals surface area contributed by atoms with Crippen molar-refractivity contribution in [3.05, 3.63) is 0 Å². The third kappa shape index (κ3) is 3.82. The minimum Gasteiger partial charge on any atom is -0.335 e. The van der Waals surface area contributed by atoms with E-state index in [-0.39, 0.29) is 12.1 Å². The predicted octanol–water partition coefficient (Wildman–Crippen LogP) is 1.48. The molecule has 1 fully saturated rings. The molecule has 8 heteroatoms. The summed E-state index contributed by atoms with van der Waals surface area (Å²) in [4.78, 5) is 18.2. The van der Waals surface area contributed by atoms with Gasteiger partial charge in [-0.25, -0.2) is 4.79 Å². The lowest BCUT2D eigenvalue weighted by atomic mass is 10.1. The van der Waals surface area contributed by atoms with E-state index < -0.39 is 0 Å². The Balaban J connectivity index is 1.78. The summed E-state index contributed by atoms with van der Waals surface area (Å²) in [5.41, 5.74) is 0. The normalized spacial score (nSPS) is 17.7. The number of likely N-dealkylation sites (tertiary alicyclic amines) is 1. The molecule has 0 atom stereocenters. The molecule has 0 saturated carbocycles. The first-order chi connectivity index (χ1) is 8.67. The topological polar surface area (TPSA) is 70.2 Å². The van der Waals surface area contributed by atoms with Crippen LogP contribution in [0.2, 0.25) is 0 Å². The zero-order valence-corrected chi connectivity index (χ0v) is 12.1. The number of piperidine rings is 1. The monoisotopic (exact) mass is 287 g/mol. The molecule has 1 aromatic rings. The quantitative estimate of drug-likeness (QED) is 0.824. The van der Waals surface area contributed by atoms with E-state index in [0.717, 1.165) is 25.9 Å². The second-order valence-electron chi connectivity index (χ2n) is 4.26. The van der Waals surface area contributed by atoms with Crippen molar-refractivity contribution >= 4 is 34.5 Å². The van der Waals surface area contributed by atoms with Gasteiger partial charge in [-0.3, -0.25) is 5.32 Å². The maximum Gasteiger partial charge on any atom is 0.321 e. The lowest BCUT2D eigenvalue weighted by Crippen LogP contribution is -2.44. The van der Waals surface area contributed by atoms with Gasteiger partial charge < -0.3 is 10.2 Å². The van der Waals surface area contributed by atoms with Crippen LogP contribution in [0.4, 0.5) is 9.93 Å². The van der Waals surface area contributed by atoms with Crippen molar-refractivity contribution in [2.45, 2.75) is 24.0 Å². The molecule has 1 aliphatic heterocycles. The van der Waals surface area contributed by atoms with Crippen LogP contribution in [-0.2, 0) is 0 Å². The molecule has 0 radical (unpaired) electrons. The Labute approximate surface area is 115 Å². The highest BCUT2D eigenvalue weighted by molar-refractivity contribution is 7.98. The van der Waals surface area contributed by atoms with E-state index in [4.69, 9.17) is 0 Å². The SMILES string of the molecule is CSc1nsc(NC(=O)NC2CCN(C)CC2)n1. The van der Waals surface area contributed by atoms with Crippen molar-refractivity contribution in [1.82, 2.24) is 19.6 Å². The van der Waals surface area contributed by atoms with Crippen LogP contribution in [-0.4, -0.2) is 52.7 Å². The molecule has 0 aliphatic carbocycles. The van der Waals surface area contributed by atoms with Gasteiger partial charge in [0.2, 0.25) is 10.3 Å². The fraction of sp³-hybridized carbons (Fsp3) is 0.700. The van der Waals surface area contributed by atoms with Crippen LogP contribution in [0.25, 0.3) is 0 Å². The number of anilines is 1. The number of urea groups is 1. The van der Waals surface area contributed by atoms with Crippen LogP contribution in [0.3, 0.4) is 0 Å². The summed E-state index contributed by atoms with van der Waals surface area (Å²) in [6.07, 6.45) is 3.90. The van der Waals surface area contributed by atoms with Crippen LogP contribution in [0.1, 0.15) is 12.8 Å². The first-order valence-electron chi connectivity index (χ1n) is 5.81. The number of aromatic nitrogens is 2. The van der Waals surface area contributed by atoms with E-state index in [1.54, 1.807) is 0 Å². The van der Waals surface area contributed by atoms with Crippen LogP contribution in [0.15, 0.2) is 5.16 Å². The van der Waals surface area contributed by atoms with Crippen molar-refractivity contribution < 1.29 is 4.79 Å². The number of nitrogens with zero attached hydrogens (tertiary/aromatic N) is 3. The number of thioether (sulfide) groups is 1. The second-order valence-corrected chi connectivity index (χ2v) is 5.79. The average Bonchev–Trinajstić information content (AvgIpc) is 2.79. The van der Waals surface area contributed by atoms with Crippen molar-refractivity contribution in [2.75, 3.05) is 31.7 Å². The van der Waals surface area contributed by atoms with Gasteiger partial charge in [0.1, 0.15) is 0 Å². The van der Waals surface area contributed by atoms with Crippen molar-refractivity contribution in [1.29, 1.82) is 0 Å². The number of rotatable bonds is 3. The number of amides is 2. The number of nitrogens with one attached hydrogen (secondary N) is 2. The van der Waals surface area contributed by atoms with Gasteiger partial charge in [0.15, 0.2) is 0 Å². The smallest absolute Gasteiger partial charge is 0.321 e. The molecule has 2 heterocycles. The van der Waals surface area contributed by atoms with E-state index in [1.807, 2.05) is 6.26 Å². The van der Waals surface area contributed by atoms with Gasteiger partial charge in [-0.2, -0.15) is 9.36 Å². The van der Waals surface area contributed by atoms with Gasteiger partial charge in [0.05, 0.1) is 0 Å². The number of hydrogen-bond acceptors (Lipinski definition) is 6. The minimum absolute atomic E-state index is 0.187. The molecule has 2 N–H and O–H groups in total. The van der Waals surface area contributed by atoms with Crippen LogP contribution in [0.5, 0.6) is 0 Å². The van der Waals surface area contributed by atoms with E-state index in [9.17, 15) is 4.79 Å². The fourth-order valence-corrected chi connectivity index (χ4v) is 2.94. The van der Waals surface area contributed by atoms with Gasteiger partial charge >= 0.3 is 6.03 Å². The van der Waals surface area contributed by atoms with Crippen molar-refractivity contribution in [2.24, 2.45) is 0 Å². The Kier molecular flexibility index (Phi) is 4.79. The highest BCUT2D eigenvalue weighted by atomic mass is 32.2. The Morgan fingerprint density at radius 3 is 2.83 bits per heavy atom. The standard InChI is InChI=1S/C10H17N5OS2/c1-15-5-3-7(4-6-15)11-8(16)12-9-13-10(17-2)14-18-9/h7H,3-6H2,1-2H3,(H2,11,12,13,14,16). The zero-order chi connectivity index (χ0) is 13.0. The predicted molar refractivity (Wildman–Crippen MR) is 74.4 cm³/mol. The average molecular weight is 287 g/mol. The summed E-state index contributed by atoms with van der Waals surface area (Å²) in [6.45, 7) is 2.06. The molecule has 0 unspecified atom stereocenters. The number of hydrogen-bond donors (Lipinski definition) is 2. The molecular formula is C10H17N5OS2. The molecule has 18 heavy (non-hydrogen) atoms. The first kappa shape index (κ1) is 13.6. The molecule has 0 aromatic carbocycles. The third-order valence-corrected chi connectivity index (χ3v) is 4.16. The van der Waals surface area contributed by atoms with Gasteiger partial charge in [0, 0.05) is 17.6 Å².